The fraction of sp³-hybridized carbons (Fsp3) is 0.400. The normalized spacial score (nSPS) is 17.3. The minimum absolute atomic E-state index is 0.0247. The Bertz CT molecular complexity index is 1760. The minimum Gasteiger partial charge on any atom is -0.394 e. The molecule has 0 aromatic carbocycles. The summed E-state index contributed by atoms with van der Waals surface area (Å²) in [5.74, 6) is -5.98. The van der Waals surface area contributed by atoms with E-state index in [-0.39, 0.29) is 46.2 Å². The molecule has 1 amide bonds. The molecule has 5 rings (SSSR count). The summed E-state index contributed by atoms with van der Waals surface area (Å²) in [6.45, 7) is 4.23. The van der Waals surface area contributed by atoms with Crippen LogP contribution < -0.4 is 11.1 Å². The molecule has 0 radical (unpaired) electrons. The van der Waals surface area contributed by atoms with Crippen LogP contribution in [0.1, 0.15) is 43.5 Å². The van der Waals surface area contributed by atoms with E-state index in [9.17, 15) is 31.5 Å². The first-order valence-corrected chi connectivity index (χ1v) is 14.3. The highest BCUT2D eigenvalue weighted by atomic mass is 127. The second-order valence-corrected chi connectivity index (χ2v) is 12.0. The van der Waals surface area contributed by atoms with Crippen LogP contribution in [0.5, 0.6) is 0 Å². The number of alkyl halides is 5. The fourth-order valence-corrected chi connectivity index (χ4v) is 6.26. The molecule has 5 heterocycles. The van der Waals surface area contributed by atoms with Crippen molar-refractivity contribution >= 4 is 68.9 Å². The van der Waals surface area contributed by atoms with Crippen molar-refractivity contribution in [1.82, 2.24) is 29.7 Å². The average molecular weight is 736 g/mol. The highest BCUT2D eigenvalue weighted by Gasteiger charge is 2.57. The zero-order valence-electron chi connectivity index (χ0n) is 22.6. The number of nitrogens with one attached hydrogen (secondary N) is 1. The summed E-state index contributed by atoms with van der Waals surface area (Å²) in [6.07, 6.45) is -5.69. The molecule has 1 atom stereocenters. The predicted molar refractivity (Wildman–Crippen MR) is 153 cm³/mol. The molecule has 0 spiro atoms. The number of fused-ring (bicyclic) bond motifs is 2. The molecule has 0 saturated carbocycles. The number of carbonyl (C=O) groups excluding carboxylic acids is 2. The van der Waals surface area contributed by atoms with Gasteiger partial charge in [0.25, 0.3) is 0 Å². The van der Waals surface area contributed by atoms with E-state index in [2.05, 4.69) is 30.4 Å². The highest BCUT2D eigenvalue weighted by molar-refractivity contribution is 14.1. The smallest absolute Gasteiger partial charge is 0.394 e. The number of rotatable bonds is 8. The Morgan fingerprint density at radius 3 is 2.60 bits per heavy atom. The maximum Gasteiger partial charge on any atom is 0.453 e. The van der Waals surface area contributed by atoms with Crippen molar-refractivity contribution < 1.29 is 34.6 Å². The second kappa shape index (κ2) is 10.6. The van der Waals surface area contributed by atoms with Crippen molar-refractivity contribution in [1.29, 1.82) is 0 Å². The van der Waals surface area contributed by atoms with Gasteiger partial charge in [0.1, 0.15) is 27.8 Å². The molecular formula is C25H22F5IN8O3S. The molecule has 1 aliphatic rings. The van der Waals surface area contributed by atoms with E-state index in [0.717, 1.165) is 4.68 Å². The number of amides is 1. The zero-order valence-corrected chi connectivity index (χ0v) is 25.6. The number of aromatic nitrogens is 6. The predicted octanol–water partition coefficient (Wildman–Crippen LogP) is 5.23. The quantitative estimate of drug-likeness (QED) is 0.183. The molecule has 43 heavy (non-hydrogen) atoms. The lowest BCUT2D eigenvalue weighted by atomic mass is 9.85. The maximum absolute atomic E-state index is 13.6. The summed E-state index contributed by atoms with van der Waals surface area (Å²) >= 11 is 2.71. The van der Waals surface area contributed by atoms with E-state index in [0.29, 0.717) is 10.7 Å². The standard InChI is InChI=1S/C25H22F5IN8O3S/c1-22(2,21(41)42-31)9-11-10-43-20(34-11)23(3)13-15(32)35-17(36-16(13)37-19(23)40)14-12-5-4-7-33-18(12)39(38-14)8-6-24(26,27)25(28,29)30/h4-5,7,10H,6,8-9H2,1-3H3,(H3,32,35,36,37,40). The van der Waals surface area contributed by atoms with Gasteiger partial charge in [-0.15, -0.1) is 11.3 Å². The van der Waals surface area contributed by atoms with E-state index >= 15 is 0 Å². The summed E-state index contributed by atoms with van der Waals surface area (Å²) in [7, 11) is 0. The van der Waals surface area contributed by atoms with Crippen molar-refractivity contribution in [2.75, 3.05) is 11.1 Å². The maximum atomic E-state index is 13.6. The molecule has 1 unspecified atom stereocenters. The lowest BCUT2D eigenvalue weighted by Crippen LogP contribution is -2.37. The lowest BCUT2D eigenvalue weighted by molar-refractivity contribution is -0.285. The topological polar surface area (TPSA) is 151 Å². The molecule has 0 bridgehead atoms. The van der Waals surface area contributed by atoms with Gasteiger partial charge in [-0.3, -0.25) is 9.59 Å². The van der Waals surface area contributed by atoms with Crippen LogP contribution in [0.25, 0.3) is 22.6 Å². The minimum atomic E-state index is -5.72. The third-order valence-corrected chi connectivity index (χ3v) is 8.63. The van der Waals surface area contributed by atoms with Crippen LogP contribution in [0.15, 0.2) is 23.7 Å². The largest absolute Gasteiger partial charge is 0.453 e. The Labute approximate surface area is 258 Å². The second-order valence-electron chi connectivity index (χ2n) is 10.7. The molecule has 0 fully saturated rings. The molecule has 0 aliphatic carbocycles. The molecule has 4 aromatic rings. The average Bonchev–Trinajstić information content (AvgIpc) is 3.61. The Balaban J connectivity index is 1.51. The van der Waals surface area contributed by atoms with Crippen molar-refractivity contribution in [3.63, 3.8) is 0 Å². The third kappa shape index (κ3) is 5.27. The summed E-state index contributed by atoms with van der Waals surface area (Å²) in [6, 6.07) is 3.06. The summed E-state index contributed by atoms with van der Waals surface area (Å²) in [5.41, 5.74) is 4.98. The van der Waals surface area contributed by atoms with Gasteiger partial charge in [-0.25, -0.2) is 24.6 Å². The van der Waals surface area contributed by atoms with Crippen LogP contribution in [0, 0.1) is 5.41 Å². The molecule has 0 saturated heterocycles. The Morgan fingerprint density at radius 2 is 1.93 bits per heavy atom. The number of nitrogens with two attached hydrogens (primary N) is 1. The van der Waals surface area contributed by atoms with Crippen LogP contribution >= 0.6 is 34.3 Å². The van der Waals surface area contributed by atoms with E-state index < -0.39 is 47.8 Å². The Hall–Kier alpha value is -3.55. The molecule has 1 aliphatic heterocycles. The van der Waals surface area contributed by atoms with Crippen molar-refractivity contribution in [2.24, 2.45) is 5.41 Å². The number of hydrogen-bond donors (Lipinski definition) is 2. The molecule has 4 aromatic heterocycles. The molecular weight excluding hydrogens is 714 g/mol. The van der Waals surface area contributed by atoms with Gasteiger partial charge < -0.3 is 14.1 Å². The number of hydrogen-bond acceptors (Lipinski definition) is 10. The number of carbonyl (C=O) groups is 2. The molecule has 3 N–H and O–H groups in total. The number of aryl methyl sites for hydroxylation is 1. The fourth-order valence-electron chi connectivity index (χ4n) is 4.68. The Morgan fingerprint density at radius 1 is 1.21 bits per heavy atom. The number of anilines is 2. The van der Waals surface area contributed by atoms with Crippen LogP contribution in [0.3, 0.4) is 0 Å². The molecule has 18 heteroatoms. The SMILES string of the molecule is CC(C)(Cc1csc(C2(C)C(=O)Nc3nc(-c4nn(CCC(F)(F)C(F)(F)F)c5ncccc45)nc(N)c32)n1)C(=O)OI. The third-order valence-electron chi connectivity index (χ3n) is 7.12. The van der Waals surface area contributed by atoms with Crippen molar-refractivity contribution in [2.45, 2.75) is 57.7 Å². The summed E-state index contributed by atoms with van der Waals surface area (Å²) < 4.78 is 71.3. The van der Waals surface area contributed by atoms with Crippen LogP contribution in [-0.2, 0) is 31.0 Å². The first-order chi connectivity index (χ1) is 20.0. The van der Waals surface area contributed by atoms with Crippen molar-refractivity contribution in [3.8, 4) is 11.5 Å². The van der Waals surface area contributed by atoms with Gasteiger partial charge in [-0.05, 0) is 32.9 Å². The van der Waals surface area contributed by atoms with Crippen molar-refractivity contribution in [3.05, 3.63) is 40.0 Å². The number of pyridine rings is 1. The van der Waals surface area contributed by atoms with Gasteiger partial charge in [0, 0.05) is 31.0 Å². The van der Waals surface area contributed by atoms with Crippen LogP contribution in [0.2, 0.25) is 0 Å². The zero-order chi connectivity index (χ0) is 31.5. The number of thiazole rings is 1. The van der Waals surface area contributed by atoms with Gasteiger partial charge in [-0.1, -0.05) is 0 Å². The van der Waals surface area contributed by atoms with Gasteiger partial charge in [0.05, 0.1) is 22.1 Å². The van der Waals surface area contributed by atoms with Gasteiger partial charge in [-0.2, -0.15) is 27.1 Å². The molecule has 228 valence electrons. The van der Waals surface area contributed by atoms with E-state index in [1.54, 1.807) is 26.2 Å². The number of nitrogens with zero attached hydrogens (tertiary/aromatic N) is 6. The first kappa shape index (κ1) is 30.9. The van der Waals surface area contributed by atoms with Gasteiger partial charge >= 0.3 is 18.1 Å². The van der Waals surface area contributed by atoms with E-state index in [1.165, 1.54) is 52.7 Å². The van der Waals surface area contributed by atoms with Gasteiger partial charge in [0.15, 0.2) is 34.5 Å². The Kier molecular flexibility index (Phi) is 7.59. The van der Waals surface area contributed by atoms with Gasteiger partial charge in [0.2, 0.25) is 5.91 Å². The summed E-state index contributed by atoms with van der Waals surface area (Å²) in [4.78, 5) is 42.9. The monoisotopic (exact) mass is 736 g/mol. The lowest BCUT2D eigenvalue weighted by Gasteiger charge is -2.21. The molecule has 11 nitrogen and oxygen atoms in total. The van der Waals surface area contributed by atoms with E-state index in [1.807, 2.05) is 0 Å². The van der Waals surface area contributed by atoms with Crippen LogP contribution in [0.4, 0.5) is 33.6 Å². The first-order valence-electron chi connectivity index (χ1n) is 12.5. The number of halogens is 6. The number of nitrogen functional groups attached to an aromatic ring is 1. The summed E-state index contributed by atoms with van der Waals surface area (Å²) in [5, 5.41) is 9.27. The van der Waals surface area contributed by atoms with Crippen LogP contribution in [-0.4, -0.2) is 53.7 Å². The highest BCUT2D eigenvalue weighted by Crippen LogP contribution is 2.46. The van der Waals surface area contributed by atoms with E-state index in [4.69, 9.17) is 8.80 Å².